The molecule has 3 heteroatoms. The number of carbonyl (C=O) groups excluding carboxylic acids is 1. The van der Waals surface area contributed by atoms with Gasteiger partial charge in [0.05, 0.1) is 0 Å². The van der Waals surface area contributed by atoms with E-state index in [-0.39, 0.29) is 5.97 Å². The summed E-state index contributed by atoms with van der Waals surface area (Å²) in [6.07, 6.45) is 3.25. The topological polar surface area (TPSA) is 35.5 Å². The highest BCUT2D eigenvalue weighted by atomic mass is 16.6. The van der Waals surface area contributed by atoms with E-state index in [2.05, 4.69) is 13.3 Å². The maximum Gasteiger partial charge on any atom is 0.352 e. The Hall–Kier alpha value is -1.51. The van der Waals surface area contributed by atoms with Crippen LogP contribution in [0, 0.1) is 13.3 Å². The molecule has 0 saturated heterocycles. The molecular formula is C16H20O3. The summed E-state index contributed by atoms with van der Waals surface area (Å²) in [5.41, 5.74) is 1.45. The number of unbranched alkanes of at least 4 members (excludes halogenated alkanes) is 1. The highest BCUT2D eigenvalue weighted by molar-refractivity contribution is 5.81. The predicted octanol–water partition coefficient (Wildman–Crippen LogP) is 3.63. The van der Waals surface area contributed by atoms with E-state index in [4.69, 9.17) is 9.47 Å². The van der Waals surface area contributed by atoms with Crippen LogP contribution in [0.3, 0.4) is 0 Å². The quantitative estimate of drug-likeness (QED) is 0.775. The standard InChI is InChI=1S/C16H20O3/c1-5-6-8-11-9-7-10-12-13(11)18-14(12)15(17)19-16(2,3)4/h7-10,14H,1,5-6H2,2-4H3. The summed E-state index contributed by atoms with van der Waals surface area (Å²) >= 11 is 0. The van der Waals surface area contributed by atoms with Crippen LogP contribution >= 0.6 is 0 Å². The maximum absolute atomic E-state index is 12.0. The second kappa shape index (κ2) is 5.24. The van der Waals surface area contributed by atoms with Crippen LogP contribution < -0.4 is 4.74 Å². The Labute approximate surface area is 114 Å². The Morgan fingerprint density at radius 2 is 2.21 bits per heavy atom. The minimum absolute atomic E-state index is 0.325. The van der Waals surface area contributed by atoms with Crippen LogP contribution in [0.1, 0.15) is 50.8 Å². The van der Waals surface area contributed by atoms with Crippen molar-refractivity contribution in [1.82, 2.24) is 0 Å². The van der Waals surface area contributed by atoms with E-state index in [0.717, 1.165) is 29.7 Å². The van der Waals surface area contributed by atoms with Gasteiger partial charge in [-0.3, -0.25) is 0 Å². The van der Waals surface area contributed by atoms with Gasteiger partial charge in [-0.15, -0.1) is 0 Å². The van der Waals surface area contributed by atoms with Crippen LogP contribution in [-0.2, 0) is 9.53 Å². The van der Waals surface area contributed by atoms with Crippen molar-refractivity contribution >= 4 is 5.97 Å². The van der Waals surface area contributed by atoms with Crippen molar-refractivity contribution in [2.24, 2.45) is 0 Å². The van der Waals surface area contributed by atoms with Gasteiger partial charge in [-0.25, -0.2) is 4.79 Å². The zero-order valence-electron chi connectivity index (χ0n) is 11.7. The summed E-state index contributed by atoms with van der Waals surface area (Å²) in [4.78, 5) is 12.0. The van der Waals surface area contributed by atoms with Crippen LogP contribution in [-0.4, -0.2) is 11.6 Å². The number of rotatable bonds is 4. The number of fused-ring (bicyclic) bond motifs is 1. The fraction of sp³-hybridized carbons (Fsp3) is 0.438. The molecule has 0 saturated carbocycles. The minimum Gasteiger partial charge on any atom is -0.473 e. The van der Waals surface area contributed by atoms with E-state index in [1.165, 1.54) is 0 Å². The van der Waals surface area contributed by atoms with Crippen LogP contribution in [0.5, 0.6) is 5.75 Å². The Bertz CT molecular complexity index is 471. The number of hydrogen-bond acceptors (Lipinski definition) is 3. The molecule has 0 bridgehead atoms. The van der Waals surface area contributed by atoms with E-state index in [0.29, 0.717) is 0 Å². The van der Waals surface area contributed by atoms with E-state index >= 15 is 0 Å². The molecule has 1 unspecified atom stereocenters. The molecule has 19 heavy (non-hydrogen) atoms. The molecule has 1 aromatic rings. The fourth-order valence-electron chi connectivity index (χ4n) is 1.99. The molecule has 0 spiro atoms. The summed E-state index contributed by atoms with van der Waals surface area (Å²) in [7, 11) is 0. The smallest absolute Gasteiger partial charge is 0.352 e. The molecule has 2 radical (unpaired) electrons. The van der Waals surface area contributed by atoms with Gasteiger partial charge in [0, 0.05) is 5.56 Å². The summed E-state index contributed by atoms with van der Waals surface area (Å²) in [5.74, 6) is 0.473. The van der Waals surface area contributed by atoms with Crippen LogP contribution in [0.4, 0.5) is 0 Å². The highest BCUT2D eigenvalue weighted by Crippen LogP contribution is 2.43. The van der Waals surface area contributed by atoms with Gasteiger partial charge in [0.15, 0.2) is 0 Å². The number of esters is 1. The molecule has 1 aliphatic rings. The van der Waals surface area contributed by atoms with Gasteiger partial charge in [0.2, 0.25) is 6.10 Å². The maximum atomic E-state index is 12.0. The predicted molar refractivity (Wildman–Crippen MR) is 73.6 cm³/mol. The van der Waals surface area contributed by atoms with Gasteiger partial charge in [0.1, 0.15) is 11.4 Å². The molecule has 2 rings (SSSR count). The van der Waals surface area contributed by atoms with Crippen molar-refractivity contribution in [3.63, 3.8) is 0 Å². The lowest BCUT2D eigenvalue weighted by molar-refractivity contribution is -0.166. The zero-order valence-corrected chi connectivity index (χ0v) is 11.7. The molecule has 102 valence electrons. The number of ether oxygens (including phenoxy) is 2. The third kappa shape index (κ3) is 3.09. The first-order chi connectivity index (χ1) is 8.92. The van der Waals surface area contributed by atoms with Crippen molar-refractivity contribution in [2.45, 2.75) is 45.3 Å². The fourth-order valence-corrected chi connectivity index (χ4v) is 1.99. The lowest BCUT2D eigenvalue weighted by Gasteiger charge is -2.33. The zero-order chi connectivity index (χ0) is 14.0. The van der Waals surface area contributed by atoms with Gasteiger partial charge in [-0.2, -0.15) is 0 Å². The second-order valence-corrected chi connectivity index (χ2v) is 5.64. The number of benzene rings is 1. The van der Waals surface area contributed by atoms with Crippen LogP contribution in [0.2, 0.25) is 0 Å². The highest BCUT2D eigenvalue weighted by Gasteiger charge is 2.38. The molecule has 0 fully saturated rings. The van der Waals surface area contributed by atoms with E-state index < -0.39 is 11.7 Å². The van der Waals surface area contributed by atoms with E-state index in [1.54, 1.807) is 0 Å². The molecule has 1 aromatic carbocycles. The molecule has 1 aliphatic heterocycles. The van der Waals surface area contributed by atoms with Crippen LogP contribution in [0.25, 0.3) is 0 Å². The lowest BCUT2D eigenvalue weighted by atomic mass is 9.96. The third-order valence-electron chi connectivity index (χ3n) is 2.78. The first-order valence-corrected chi connectivity index (χ1v) is 6.57. The lowest BCUT2D eigenvalue weighted by Crippen LogP contribution is -2.34. The molecule has 0 amide bonds. The van der Waals surface area contributed by atoms with Gasteiger partial charge >= 0.3 is 5.97 Å². The molecule has 3 nitrogen and oxygen atoms in total. The molecule has 1 atom stereocenters. The average molecular weight is 260 g/mol. The second-order valence-electron chi connectivity index (χ2n) is 5.64. The molecule has 0 aliphatic carbocycles. The Kier molecular flexibility index (Phi) is 3.83. The largest absolute Gasteiger partial charge is 0.473 e. The minimum atomic E-state index is -0.581. The van der Waals surface area contributed by atoms with Crippen molar-refractivity contribution in [3.05, 3.63) is 42.7 Å². The third-order valence-corrected chi connectivity index (χ3v) is 2.78. The first-order valence-electron chi connectivity index (χ1n) is 6.57. The average Bonchev–Trinajstić information content (AvgIpc) is 2.25. The SMILES string of the molecule is [CH2]CC[CH]c1cccc2c1OC2C(=O)OC(C)(C)C. The molecule has 1 heterocycles. The van der Waals surface area contributed by atoms with Crippen molar-refractivity contribution in [3.8, 4) is 5.75 Å². The summed E-state index contributed by atoms with van der Waals surface area (Å²) in [6, 6.07) is 5.84. The van der Waals surface area contributed by atoms with E-state index in [1.807, 2.05) is 39.0 Å². The Morgan fingerprint density at radius 1 is 1.47 bits per heavy atom. The van der Waals surface area contributed by atoms with E-state index in [9.17, 15) is 4.79 Å². The number of hydrogen-bond donors (Lipinski definition) is 0. The molecule has 0 aromatic heterocycles. The van der Waals surface area contributed by atoms with Crippen molar-refractivity contribution < 1.29 is 14.3 Å². The summed E-state index contributed by atoms with van der Waals surface area (Å²) in [5, 5.41) is 0. The summed E-state index contributed by atoms with van der Waals surface area (Å²) < 4.78 is 10.9. The molecule has 0 N–H and O–H groups in total. The van der Waals surface area contributed by atoms with Crippen molar-refractivity contribution in [2.75, 3.05) is 0 Å². The number of para-hydroxylation sites is 1. The van der Waals surface area contributed by atoms with Gasteiger partial charge in [0.25, 0.3) is 0 Å². The van der Waals surface area contributed by atoms with Gasteiger partial charge in [-0.05, 0) is 39.2 Å². The Balaban J connectivity index is 2.09. The normalized spacial score (nSPS) is 17.2. The first kappa shape index (κ1) is 13.9. The van der Waals surface area contributed by atoms with Crippen LogP contribution in [0.15, 0.2) is 18.2 Å². The Morgan fingerprint density at radius 3 is 2.84 bits per heavy atom. The number of carbonyl (C=O) groups is 1. The van der Waals surface area contributed by atoms with Gasteiger partial charge < -0.3 is 9.47 Å². The monoisotopic (exact) mass is 260 g/mol. The van der Waals surface area contributed by atoms with Crippen molar-refractivity contribution in [1.29, 1.82) is 0 Å². The summed E-state index contributed by atoms with van der Waals surface area (Å²) in [6.45, 7) is 9.36. The van der Waals surface area contributed by atoms with Gasteiger partial charge in [-0.1, -0.05) is 31.5 Å². The molecular weight excluding hydrogens is 240 g/mol.